The van der Waals surface area contributed by atoms with Gasteiger partial charge in [-0.2, -0.15) is 0 Å². The zero-order valence-electron chi connectivity index (χ0n) is 11.3. The fraction of sp³-hybridized carbons (Fsp3) is 0.846. The van der Waals surface area contributed by atoms with Crippen LogP contribution in [0.4, 0.5) is 0 Å². The third-order valence-electron chi connectivity index (χ3n) is 3.50. The maximum Gasteiger partial charge on any atom is 0.305 e. The summed E-state index contributed by atoms with van der Waals surface area (Å²) in [5.74, 6) is -0.886. The van der Waals surface area contributed by atoms with Crippen LogP contribution in [-0.2, 0) is 9.59 Å². The molecule has 0 aromatic rings. The van der Waals surface area contributed by atoms with Crippen LogP contribution in [0.3, 0.4) is 0 Å². The van der Waals surface area contributed by atoms with Crippen LogP contribution in [0, 0.1) is 0 Å². The first-order valence-corrected chi connectivity index (χ1v) is 6.73. The van der Waals surface area contributed by atoms with E-state index in [0.717, 1.165) is 32.2 Å². The SMILES string of the molecule is CCNC(C)CC(=O)NC1(CC(=O)O)CCCC1. The molecule has 104 valence electrons. The highest BCUT2D eigenvalue weighted by Crippen LogP contribution is 2.32. The van der Waals surface area contributed by atoms with Crippen LogP contribution in [0.5, 0.6) is 0 Å². The van der Waals surface area contributed by atoms with Gasteiger partial charge in [-0.25, -0.2) is 0 Å². The average molecular weight is 256 g/mol. The van der Waals surface area contributed by atoms with Crippen molar-refractivity contribution in [2.45, 2.75) is 64.0 Å². The van der Waals surface area contributed by atoms with E-state index in [1.807, 2.05) is 13.8 Å². The molecule has 0 radical (unpaired) electrons. The molecular weight excluding hydrogens is 232 g/mol. The van der Waals surface area contributed by atoms with E-state index in [2.05, 4.69) is 10.6 Å². The maximum atomic E-state index is 11.9. The van der Waals surface area contributed by atoms with Crippen molar-refractivity contribution >= 4 is 11.9 Å². The highest BCUT2D eigenvalue weighted by atomic mass is 16.4. The Labute approximate surface area is 108 Å². The second-order valence-electron chi connectivity index (χ2n) is 5.27. The van der Waals surface area contributed by atoms with Crippen molar-refractivity contribution in [3.05, 3.63) is 0 Å². The predicted octanol–water partition coefficient (Wildman–Crippen LogP) is 1.28. The molecule has 0 aromatic carbocycles. The Bertz CT molecular complexity index is 299. The number of carbonyl (C=O) groups is 2. The van der Waals surface area contributed by atoms with E-state index in [1.54, 1.807) is 0 Å². The third-order valence-corrected chi connectivity index (χ3v) is 3.50. The van der Waals surface area contributed by atoms with E-state index in [1.165, 1.54) is 0 Å². The Hall–Kier alpha value is -1.10. The molecule has 1 unspecified atom stereocenters. The van der Waals surface area contributed by atoms with E-state index in [4.69, 9.17) is 5.11 Å². The molecule has 1 rings (SSSR count). The van der Waals surface area contributed by atoms with Gasteiger partial charge in [0.05, 0.1) is 12.0 Å². The normalized spacial score (nSPS) is 19.4. The van der Waals surface area contributed by atoms with Crippen molar-refractivity contribution in [1.29, 1.82) is 0 Å². The van der Waals surface area contributed by atoms with Gasteiger partial charge in [-0.1, -0.05) is 19.8 Å². The second-order valence-corrected chi connectivity index (χ2v) is 5.27. The van der Waals surface area contributed by atoms with Crippen molar-refractivity contribution in [1.82, 2.24) is 10.6 Å². The van der Waals surface area contributed by atoms with Crippen LogP contribution in [0.1, 0.15) is 52.4 Å². The molecule has 0 bridgehead atoms. The number of carboxylic acid groups (broad SMARTS) is 1. The monoisotopic (exact) mass is 256 g/mol. The molecule has 1 aliphatic carbocycles. The van der Waals surface area contributed by atoms with E-state index in [0.29, 0.717) is 6.42 Å². The van der Waals surface area contributed by atoms with Gasteiger partial charge >= 0.3 is 5.97 Å². The number of amides is 1. The van der Waals surface area contributed by atoms with Crippen molar-refractivity contribution < 1.29 is 14.7 Å². The first kappa shape index (κ1) is 15.0. The van der Waals surface area contributed by atoms with Crippen molar-refractivity contribution in [3.8, 4) is 0 Å². The fourth-order valence-corrected chi connectivity index (χ4v) is 2.73. The Kier molecular flexibility index (Phi) is 5.59. The summed E-state index contributed by atoms with van der Waals surface area (Å²) < 4.78 is 0. The number of nitrogens with one attached hydrogen (secondary N) is 2. The minimum atomic E-state index is -0.836. The number of hydrogen-bond acceptors (Lipinski definition) is 3. The summed E-state index contributed by atoms with van der Waals surface area (Å²) in [6.45, 7) is 4.79. The van der Waals surface area contributed by atoms with Gasteiger partial charge in [0.25, 0.3) is 0 Å². The molecule has 1 atom stereocenters. The van der Waals surface area contributed by atoms with Crippen molar-refractivity contribution in [3.63, 3.8) is 0 Å². The lowest BCUT2D eigenvalue weighted by molar-refractivity contribution is -0.139. The third kappa shape index (κ3) is 4.64. The lowest BCUT2D eigenvalue weighted by atomic mass is 9.93. The van der Waals surface area contributed by atoms with Gasteiger partial charge in [-0.05, 0) is 26.3 Å². The van der Waals surface area contributed by atoms with Gasteiger partial charge in [-0.3, -0.25) is 9.59 Å². The molecular formula is C13H24N2O3. The lowest BCUT2D eigenvalue weighted by Crippen LogP contribution is -2.49. The standard InChI is InChI=1S/C13H24N2O3/c1-3-14-10(2)8-11(16)15-13(9-12(17)18)6-4-5-7-13/h10,14H,3-9H2,1-2H3,(H,15,16)(H,17,18). The van der Waals surface area contributed by atoms with Crippen LogP contribution < -0.4 is 10.6 Å². The number of aliphatic carboxylic acids is 1. The molecule has 0 heterocycles. The molecule has 0 saturated heterocycles. The largest absolute Gasteiger partial charge is 0.481 e. The first-order valence-electron chi connectivity index (χ1n) is 6.73. The predicted molar refractivity (Wildman–Crippen MR) is 69.4 cm³/mol. The number of carboxylic acids is 1. The van der Waals surface area contributed by atoms with E-state index in [9.17, 15) is 9.59 Å². The van der Waals surface area contributed by atoms with Crippen molar-refractivity contribution in [2.24, 2.45) is 0 Å². The van der Waals surface area contributed by atoms with Crippen LogP contribution in [0.25, 0.3) is 0 Å². The molecule has 0 spiro atoms. The molecule has 1 saturated carbocycles. The Balaban J connectivity index is 2.50. The van der Waals surface area contributed by atoms with Crippen molar-refractivity contribution in [2.75, 3.05) is 6.54 Å². The number of hydrogen-bond donors (Lipinski definition) is 3. The molecule has 5 heteroatoms. The van der Waals surface area contributed by atoms with Gasteiger partial charge in [0.1, 0.15) is 0 Å². The van der Waals surface area contributed by atoms with Gasteiger partial charge < -0.3 is 15.7 Å². The molecule has 0 aliphatic heterocycles. The zero-order valence-corrected chi connectivity index (χ0v) is 11.3. The molecule has 1 aliphatic rings. The summed E-state index contributed by atoms with van der Waals surface area (Å²) in [6.07, 6.45) is 3.98. The summed E-state index contributed by atoms with van der Waals surface area (Å²) in [6, 6.07) is 0.123. The van der Waals surface area contributed by atoms with Crippen LogP contribution in [0.15, 0.2) is 0 Å². The smallest absolute Gasteiger partial charge is 0.305 e. The van der Waals surface area contributed by atoms with Gasteiger partial charge in [-0.15, -0.1) is 0 Å². The quantitative estimate of drug-likeness (QED) is 0.641. The zero-order chi connectivity index (χ0) is 13.6. The van der Waals surface area contributed by atoms with Gasteiger partial charge in [0, 0.05) is 12.5 Å². The number of rotatable bonds is 7. The lowest BCUT2D eigenvalue weighted by Gasteiger charge is -2.29. The minimum absolute atomic E-state index is 0.0360. The highest BCUT2D eigenvalue weighted by Gasteiger charge is 2.37. The van der Waals surface area contributed by atoms with Crippen LogP contribution in [-0.4, -0.2) is 35.1 Å². The summed E-state index contributed by atoms with van der Waals surface area (Å²) in [5, 5.41) is 15.1. The molecule has 1 fully saturated rings. The maximum absolute atomic E-state index is 11.9. The molecule has 3 N–H and O–H groups in total. The van der Waals surface area contributed by atoms with E-state index < -0.39 is 11.5 Å². The van der Waals surface area contributed by atoms with Crippen LogP contribution >= 0.6 is 0 Å². The molecule has 18 heavy (non-hydrogen) atoms. The molecule has 0 aromatic heterocycles. The Morgan fingerprint density at radius 3 is 2.44 bits per heavy atom. The molecule has 5 nitrogen and oxygen atoms in total. The summed E-state index contributed by atoms with van der Waals surface area (Å²) >= 11 is 0. The fourth-order valence-electron chi connectivity index (χ4n) is 2.73. The highest BCUT2D eigenvalue weighted by molar-refractivity contribution is 5.79. The van der Waals surface area contributed by atoms with E-state index >= 15 is 0 Å². The second kappa shape index (κ2) is 6.73. The van der Waals surface area contributed by atoms with Gasteiger partial charge in [0.15, 0.2) is 0 Å². The average Bonchev–Trinajstić information content (AvgIpc) is 2.64. The number of carbonyl (C=O) groups excluding carboxylic acids is 1. The summed E-state index contributed by atoms with van der Waals surface area (Å²) in [7, 11) is 0. The summed E-state index contributed by atoms with van der Waals surface area (Å²) in [4.78, 5) is 22.8. The van der Waals surface area contributed by atoms with Gasteiger partial charge in [0.2, 0.25) is 5.91 Å². The minimum Gasteiger partial charge on any atom is -0.481 e. The van der Waals surface area contributed by atoms with Crippen LogP contribution in [0.2, 0.25) is 0 Å². The topological polar surface area (TPSA) is 78.4 Å². The first-order chi connectivity index (χ1) is 8.47. The Morgan fingerprint density at radius 1 is 1.33 bits per heavy atom. The summed E-state index contributed by atoms with van der Waals surface area (Å²) in [5.41, 5.74) is -0.505. The Morgan fingerprint density at radius 2 is 1.94 bits per heavy atom. The molecule has 1 amide bonds. The van der Waals surface area contributed by atoms with E-state index in [-0.39, 0.29) is 18.4 Å².